The summed E-state index contributed by atoms with van der Waals surface area (Å²) in [6.45, 7) is 5.89. The van der Waals surface area contributed by atoms with Crippen molar-refractivity contribution >= 4 is 11.7 Å². The number of carbonyl (C=O) groups is 1. The topological polar surface area (TPSA) is 64.8 Å². The number of hydrogen-bond donors (Lipinski definition) is 1. The molecule has 0 aliphatic carbocycles. The lowest BCUT2D eigenvalue weighted by Crippen LogP contribution is -2.33. The van der Waals surface area contributed by atoms with Gasteiger partial charge in [0.1, 0.15) is 12.4 Å². The van der Waals surface area contributed by atoms with Crippen LogP contribution < -0.4 is 10.5 Å². The first kappa shape index (κ1) is 15.6. The van der Waals surface area contributed by atoms with Crippen molar-refractivity contribution < 1.29 is 14.3 Å². The van der Waals surface area contributed by atoms with Gasteiger partial charge in [0, 0.05) is 6.54 Å². The van der Waals surface area contributed by atoms with Gasteiger partial charge in [0.2, 0.25) is 0 Å². The number of likely N-dealkylation sites (tertiary alicyclic amines) is 1. The third kappa shape index (κ3) is 4.63. The van der Waals surface area contributed by atoms with E-state index in [1.807, 2.05) is 0 Å². The van der Waals surface area contributed by atoms with E-state index in [1.54, 1.807) is 25.1 Å². The van der Waals surface area contributed by atoms with Gasteiger partial charge in [-0.05, 0) is 51.1 Å². The van der Waals surface area contributed by atoms with Crippen LogP contribution in [0.5, 0.6) is 5.75 Å². The van der Waals surface area contributed by atoms with E-state index in [9.17, 15) is 4.79 Å². The highest BCUT2D eigenvalue weighted by atomic mass is 16.5. The van der Waals surface area contributed by atoms with Crippen LogP contribution in [-0.2, 0) is 4.74 Å². The molecule has 0 amide bonds. The normalized spacial score (nSPS) is 15.7. The number of nitrogens with zero attached hydrogens (tertiary/aromatic N) is 1. The molecule has 0 radical (unpaired) electrons. The average molecular weight is 292 g/mol. The third-order valence-electron chi connectivity index (χ3n) is 3.64. The Morgan fingerprint density at radius 1 is 1.29 bits per heavy atom. The molecule has 116 valence electrons. The summed E-state index contributed by atoms with van der Waals surface area (Å²) in [5.74, 6) is 0.205. The zero-order valence-electron chi connectivity index (χ0n) is 12.6. The molecule has 2 N–H and O–H groups in total. The van der Waals surface area contributed by atoms with Crippen molar-refractivity contribution in [3.8, 4) is 5.75 Å². The van der Waals surface area contributed by atoms with Crippen molar-refractivity contribution in [3.63, 3.8) is 0 Å². The fourth-order valence-corrected chi connectivity index (χ4v) is 2.47. The maximum absolute atomic E-state index is 11.7. The third-order valence-corrected chi connectivity index (χ3v) is 3.64. The van der Waals surface area contributed by atoms with Crippen LogP contribution in [0, 0.1) is 0 Å². The highest BCUT2D eigenvalue weighted by Gasteiger charge is 2.12. The Hall–Kier alpha value is -1.75. The van der Waals surface area contributed by atoms with Crippen molar-refractivity contribution in [3.05, 3.63) is 23.8 Å². The van der Waals surface area contributed by atoms with Gasteiger partial charge in [0.15, 0.2) is 0 Å². The molecule has 2 rings (SSSR count). The molecule has 5 nitrogen and oxygen atoms in total. The first-order chi connectivity index (χ1) is 10.2. The molecule has 21 heavy (non-hydrogen) atoms. The molecule has 1 fully saturated rings. The maximum atomic E-state index is 11.7. The van der Waals surface area contributed by atoms with Crippen LogP contribution in [0.25, 0.3) is 0 Å². The number of nitrogen functional groups attached to an aromatic ring is 1. The molecule has 0 spiro atoms. The smallest absolute Gasteiger partial charge is 0.338 e. The lowest BCUT2D eigenvalue weighted by Gasteiger charge is -2.26. The summed E-state index contributed by atoms with van der Waals surface area (Å²) in [6, 6.07) is 5.00. The molecular weight excluding hydrogens is 268 g/mol. The predicted octanol–water partition coefficient (Wildman–Crippen LogP) is 2.31. The number of carbonyl (C=O) groups excluding carboxylic acids is 1. The predicted molar refractivity (Wildman–Crippen MR) is 82.6 cm³/mol. The first-order valence-corrected chi connectivity index (χ1v) is 7.62. The Morgan fingerprint density at radius 3 is 2.76 bits per heavy atom. The quantitative estimate of drug-likeness (QED) is 0.644. The molecule has 0 aromatic heterocycles. The van der Waals surface area contributed by atoms with Gasteiger partial charge in [-0.3, -0.25) is 4.90 Å². The van der Waals surface area contributed by atoms with Gasteiger partial charge in [0.25, 0.3) is 0 Å². The Morgan fingerprint density at radius 2 is 2.05 bits per heavy atom. The minimum absolute atomic E-state index is 0.349. The van der Waals surface area contributed by atoms with E-state index < -0.39 is 0 Å². The van der Waals surface area contributed by atoms with Gasteiger partial charge in [-0.15, -0.1) is 0 Å². The largest absolute Gasteiger partial charge is 0.490 e. The van der Waals surface area contributed by atoms with Crippen molar-refractivity contribution in [2.24, 2.45) is 0 Å². The molecule has 1 aliphatic heterocycles. The number of nitrogens with two attached hydrogens (primary N) is 1. The second-order valence-electron chi connectivity index (χ2n) is 5.22. The number of ether oxygens (including phenoxy) is 2. The van der Waals surface area contributed by atoms with Gasteiger partial charge in [-0.25, -0.2) is 4.79 Å². The molecule has 5 heteroatoms. The number of piperidine rings is 1. The fraction of sp³-hybridized carbons (Fsp3) is 0.562. The number of esters is 1. The zero-order valence-corrected chi connectivity index (χ0v) is 12.6. The second-order valence-corrected chi connectivity index (χ2v) is 5.22. The minimum Gasteiger partial charge on any atom is -0.490 e. The molecule has 0 bridgehead atoms. The summed E-state index contributed by atoms with van der Waals surface area (Å²) in [5.41, 5.74) is 6.91. The first-order valence-electron chi connectivity index (χ1n) is 7.62. The van der Waals surface area contributed by atoms with E-state index in [-0.39, 0.29) is 5.97 Å². The number of anilines is 1. The molecule has 1 heterocycles. The van der Waals surface area contributed by atoms with Crippen LogP contribution in [0.1, 0.15) is 36.5 Å². The standard InChI is InChI=1S/C16H24N2O3/c1-2-20-16(19)13-6-7-14(17)15(12-13)21-11-10-18-8-4-3-5-9-18/h6-7,12H,2-5,8-11,17H2,1H3. The Balaban J connectivity index is 1.89. The number of hydrogen-bond acceptors (Lipinski definition) is 5. The molecular formula is C16H24N2O3. The van der Waals surface area contributed by atoms with E-state index >= 15 is 0 Å². The average Bonchev–Trinajstić information content (AvgIpc) is 2.50. The Kier molecular flexibility index (Phi) is 5.87. The molecule has 0 saturated carbocycles. The van der Waals surface area contributed by atoms with Gasteiger partial charge in [-0.2, -0.15) is 0 Å². The molecule has 1 aromatic carbocycles. The summed E-state index contributed by atoms with van der Waals surface area (Å²) in [4.78, 5) is 14.1. The van der Waals surface area contributed by atoms with E-state index in [1.165, 1.54) is 19.3 Å². The molecule has 0 unspecified atom stereocenters. The van der Waals surface area contributed by atoms with Crippen LogP contribution in [0.15, 0.2) is 18.2 Å². The van der Waals surface area contributed by atoms with E-state index in [4.69, 9.17) is 15.2 Å². The Bertz CT molecular complexity index is 471. The zero-order chi connectivity index (χ0) is 15.1. The summed E-state index contributed by atoms with van der Waals surface area (Å²) in [5, 5.41) is 0. The van der Waals surface area contributed by atoms with Gasteiger partial charge >= 0.3 is 5.97 Å². The maximum Gasteiger partial charge on any atom is 0.338 e. The van der Waals surface area contributed by atoms with E-state index in [0.717, 1.165) is 19.6 Å². The van der Waals surface area contributed by atoms with Crippen LogP contribution >= 0.6 is 0 Å². The van der Waals surface area contributed by atoms with Gasteiger partial charge < -0.3 is 15.2 Å². The van der Waals surface area contributed by atoms with Crippen LogP contribution in [0.2, 0.25) is 0 Å². The highest BCUT2D eigenvalue weighted by Crippen LogP contribution is 2.23. The van der Waals surface area contributed by atoms with Gasteiger partial charge in [0.05, 0.1) is 17.9 Å². The minimum atomic E-state index is -0.349. The van der Waals surface area contributed by atoms with Crippen LogP contribution in [0.3, 0.4) is 0 Å². The van der Waals surface area contributed by atoms with Crippen molar-refractivity contribution in [1.82, 2.24) is 4.90 Å². The SMILES string of the molecule is CCOC(=O)c1ccc(N)c(OCCN2CCCCC2)c1. The van der Waals surface area contributed by atoms with Gasteiger partial charge in [-0.1, -0.05) is 6.42 Å². The lowest BCUT2D eigenvalue weighted by molar-refractivity contribution is 0.0526. The summed E-state index contributed by atoms with van der Waals surface area (Å²) < 4.78 is 10.7. The fourth-order valence-electron chi connectivity index (χ4n) is 2.47. The van der Waals surface area contributed by atoms with Crippen molar-refractivity contribution in [2.45, 2.75) is 26.2 Å². The monoisotopic (exact) mass is 292 g/mol. The molecule has 0 atom stereocenters. The summed E-state index contributed by atoms with van der Waals surface area (Å²) >= 11 is 0. The van der Waals surface area contributed by atoms with Crippen LogP contribution in [0.4, 0.5) is 5.69 Å². The molecule has 1 aliphatic rings. The van der Waals surface area contributed by atoms with Crippen molar-refractivity contribution in [1.29, 1.82) is 0 Å². The molecule has 1 aromatic rings. The number of rotatable bonds is 6. The number of benzene rings is 1. The lowest BCUT2D eigenvalue weighted by atomic mass is 10.1. The van der Waals surface area contributed by atoms with Crippen molar-refractivity contribution in [2.75, 3.05) is 38.6 Å². The van der Waals surface area contributed by atoms with E-state index in [2.05, 4.69) is 4.90 Å². The summed E-state index contributed by atoms with van der Waals surface area (Å²) in [7, 11) is 0. The highest BCUT2D eigenvalue weighted by molar-refractivity contribution is 5.90. The van der Waals surface area contributed by atoms with Crippen LogP contribution in [-0.4, -0.2) is 43.7 Å². The Labute approximate surface area is 126 Å². The molecule has 1 saturated heterocycles. The summed E-state index contributed by atoms with van der Waals surface area (Å²) in [6.07, 6.45) is 3.85. The van der Waals surface area contributed by atoms with E-state index in [0.29, 0.717) is 30.2 Å². The second kappa shape index (κ2) is 7.88.